The molecule has 1 atom stereocenters. The van der Waals surface area contributed by atoms with E-state index in [1.54, 1.807) is 29.6 Å². The summed E-state index contributed by atoms with van der Waals surface area (Å²) in [6, 6.07) is 12.8. The fraction of sp³-hybridized carbons (Fsp3) is 0.150. The van der Waals surface area contributed by atoms with Gasteiger partial charge in [-0.2, -0.15) is 0 Å². The van der Waals surface area contributed by atoms with Gasteiger partial charge in [-0.3, -0.25) is 4.79 Å². The average Bonchev–Trinajstić information content (AvgIpc) is 3.16. The van der Waals surface area contributed by atoms with Crippen LogP contribution in [0.1, 0.15) is 26.0 Å². The molecule has 1 aromatic heterocycles. The van der Waals surface area contributed by atoms with Crippen LogP contribution in [0.5, 0.6) is 0 Å². The molecule has 0 radical (unpaired) electrons. The smallest absolute Gasteiger partial charge is 0.257 e. The minimum atomic E-state index is -3.83. The molecule has 28 heavy (non-hydrogen) atoms. The molecule has 3 aromatic rings. The van der Waals surface area contributed by atoms with Crippen LogP contribution in [0.2, 0.25) is 0 Å². The predicted octanol–water partition coefficient (Wildman–Crippen LogP) is 4.28. The van der Waals surface area contributed by atoms with Crippen molar-refractivity contribution in [3.05, 3.63) is 87.6 Å². The van der Waals surface area contributed by atoms with Crippen molar-refractivity contribution < 1.29 is 22.0 Å². The number of aryl methyl sites for hydroxylation is 1. The summed E-state index contributed by atoms with van der Waals surface area (Å²) < 4.78 is 53.9. The van der Waals surface area contributed by atoms with Gasteiger partial charge in [0.25, 0.3) is 5.91 Å². The third kappa shape index (κ3) is 4.13. The molecule has 1 amide bonds. The maximum absolute atomic E-state index is 13.8. The highest BCUT2D eigenvalue weighted by Crippen LogP contribution is 2.31. The summed E-state index contributed by atoms with van der Waals surface area (Å²) >= 11 is 1.23. The lowest BCUT2D eigenvalue weighted by Gasteiger charge is -2.18. The third-order valence-electron chi connectivity index (χ3n) is 4.22. The van der Waals surface area contributed by atoms with Crippen molar-refractivity contribution in [3.63, 3.8) is 0 Å². The van der Waals surface area contributed by atoms with Gasteiger partial charge in [0.05, 0.1) is 4.90 Å². The molecule has 0 fully saturated rings. The largest absolute Gasteiger partial charge is 0.350 e. The molecule has 0 bridgehead atoms. The number of nitrogens with one attached hydrogen (secondary N) is 1. The second-order valence-electron chi connectivity index (χ2n) is 6.17. The first kappa shape index (κ1) is 20.2. The number of rotatable bonds is 6. The van der Waals surface area contributed by atoms with Crippen molar-refractivity contribution in [1.29, 1.82) is 0 Å². The van der Waals surface area contributed by atoms with Crippen LogP contribution in [0.15, 0.2) is 64.9 Å². The summed E-state index contributed by atoms with van der Waals surface area (Å²) in [5.41, 5.74) is 0.176. The molecule has 1 heterocycles. The number of amides is 1. The van der Waals surface area contributed by atoms with E-state index in [9.17, 15) is 22.0 Å². The molecule has 0 saturated carbocycles. The standard InChI is InChI=1S/C20H17F2NO3S2/c1-13-7-9-14(10-8-13)28(25,26)18(17-6-3-11-27-17)12-23-20(24)19-15(21)4-2-5-16(19)22/h2-11,18H,12H2,1H3,(H,23,24)/t18-/m0/s1. The topological polar surface area (TPSA) is 63.2 Å². The number of hydrogen-bond donors (Lipinski definition) is 1. The first-order chi connectivity index (χ1) is 13.3. The van der Waals surface area contributed by atoms with Gasteiger partial charge in [0.15, 0.2) is 9.84 Å². The Morgan fingerprint density at radius 3 is 2.25 bits per heavy atom. The number of thiophene rings is 1. The average molecular weight is 421 g/mol. The van der Waals surface area contributed by atoms with Gasteiger partial charge in [-0.15, -0.1) is 11.3 Å². The number of carbonyl (C=O) groups excluding carboxylic acids is 1. The highest BCUT2D eigenvalue weighted by Gasteiger charge is 2.31. The quantitative estimate of drug-likeness (QED) is 0.646. The third-order valence-corrected chi connectivity index (χ3v) is 7.46. The number of carbonyl (C=O) groups is 1. The van der Waals surface area contributed by atoms with Crippen LogP contribution in [0.4, 0.5) is 8.78 Å². The summed E-state index contributed by atoms with van der Waals surface area (Å²) in [5.74, 6) is -3.02. The van der Waals surface area contributed by atoms with Gasteiger partial charge in [-0.05, 0) is 42.6 Å². The van der Waals surface area contributed by atoms with Gasteiger partial charge >= 0.3 is 0 Å². The van der Waals surface area contributed by atoms with E-state index >= 15 is 0 Å². The zero-order valence-electron chi connectivity index (χ0n) is 14.9. The predicted molar refractivity (Wildman–Crippen MR) is 104 cm³/mol. The first-order valence-electron chi connectivity index (χ1n) is 8.37. The van der Waals surface area contributed by atoms with Crippen molar-refractivity contribution in [2.24, 2.45) is 0 Å². The molecule has 8 heteroatoms. The molecule has 3 rings (SSSR count). The molecule has 0 unspecified atom stereocenters. The van der Waals surface area contributed by atoms with E-state index < -0.39 is 38.2 Å². The van der Waals surface area contributed by atoms with Gasteiger partial charge in [0.2, 0.25) is 0 Å². The summed E-state index contributed by atoms with van der Waals surface area (Å²) in [6.45, 7) is 1.53. The number of sulfone groups is 1. The van der Waals surface area contributed by atoms with Crippen molar-refractivity contribution in [2.45, 2.75) is 17.1 Å². The van der Waals surface area contributed by atoms with Crippen LogP contribution < -0.4 is 5.32 Å². The Balaban J connectivity index is 1.90. The van der Waals surface area contributed by atoms with E-state index in [1.807, 2.05) is 6.92 Å². The second kappa shape index (κ2) is 8.20. The fourth-order valence-corrected chi connectivity index (χ4v) is 5.50. The molecule has 4 nitrogen and oxygen atoms in total. The van der Waals surface area contributed by atoms with E-state index in [1.165, 1.54) is 23.5 Å². The number of hydrogen-bond acceptors (Lipinski definition) is 4. The lowest BCUT2D eigenvalue weighted by molar-refractivity contribution is 0.0945. The van der Waals surface area contributed by atoms with E-state index in [0.717, 1.165) is 23.8 Å². The Kier molecular flexibility index (Phi) is 5.90. The van der Waals surface area contributed by atoms with E-state index in [0.29, 0.717) is 4.88 Å². The monoisotopic (exact) mass is 421 g/mol. The minimum absolute atomic E-state index is 0.114. The molecule has 0 saturated heterocycles. The minimum Gasteiger partial charge on any atom is -0.350 e. The lowest BCUT2D eigenvalue weighted by Crippen LogP contribution is -2.32. The molecule has 2 aromatic carbocycles. The summed E-state index contributed by atoms with van der Waals surface area (Å²) in [6.07, 6.45) is 0. The van der Waals surface area contributed by atoms with E-state index in [-0.39, 0.29) is 11.4 Å². The Morgan fingerprint density at radius 2 is 1.68 bits per heavy atom. The molecule has 0 spiro atoms. The molecule has 0 aliphatic heterocycles. The molecular weight excluding hydrogens is 404 g/mol. The van der Waals surface area contributed by atoms with Gasteiger partial charge in [0.1, 0.15) is 22.4 Å². The van der Waals surface area contributed by atoms with Crippen molar-refractivity contribution >= 4 is 27.1 Å². The Bertz CT molecular complexity index is 1060. The van der Waals surface area contributed by atoms with Gasteiger partial charge in [-0.1, -0.05) is 29.8 Å². The van der Waals surface area contributed by atoms with Gasteiger partial charge in [-0.25, -0.2) is 17.2 Å². The Labute approximate surface area is 165 Å². The molecular formula is C20H17F2NO3S2. The highest BCUT2D eigenvalue weighted by molar-refractivity contribution is 7.91. The van der Waals surface area contributed by atoms with Crippen molar-refractivity contribution in [2.75, 3.05) is 6.54 Å². The van der Waals surface area contributed by atoms with Gasteiger partial charge < -0.3 is 5.32 Å². The fourth-order valence-electron chi connectivity index (χ4n) is 2.72. The molecule has 146 valence electrons. The maximum Gasteiger partial charge on any atom is 0.257 e. The van der Waals surface area contributed by atoms with Gasteiger partial charge in [0, 0.05) is 11.4 Å². The van der Waals surface area contributed by atoms with E-state index in [4.69, 9.17) is 0 Å². The van der Waals surface area contributed by atoms with E-state index in [2.05, 4.69) is 5.32 Å². The normalized spacial score (nSPS) is 12.5. The van der Waals surface area contributed by atoms with Crippen molar-refractivity contribution in [1.82, 2.24) is 5.32 Å². The Morgan fingerprint density at radius 1 is 1.04 bits per heavy atom. The van der Waals surface area contributed by atoms with Crippen LogP contribution in [0.25, 0.3) is 0 Å². The second-order valence-corrected chi connectivity index (χ2v) is 9.28. The van der Waals surface area contributed by atoms with Crippen LogP contribution in [0, 0.1) is 18.6 Å². The zero-order valence-corrected chi connectivity index (χ0v) is 16.5. The molecule has 1 N–H and O–H groups in total. The highest BCUT2D eigenvalue weighted by atomic mass is 32.2. The maximum atomic E-state index is 13.8. The summed E-state index contributed by atoms with van der Waals surface area (Å²) in [5, 5.41) is 3.02. The summed E-state index contributed by atoms with van der Waals surface area (Å²) in [7, 11) is -3.83. The number of halogens is 2. The van der Waals surface area contributed by atoms with Crippen LogP contribution in [0.3, 0.4) is 0 Å². The van der Waals surface area contributed by atoms with Crippen molar-refractivity contribution in [3.8, 4) is 0 Å². The SMILES string of the molecule is Cc1ccc(S(=O)(=O)[C@@H](CNC(=O)c2c(F)cccc2F)c2cccs2)cc1. The Hall–Kier alpha value is -2.58. The zero-order chi connectivity index (χ0) is 20.3. The molecule has 0 aliphatic carbocycles. The lowest BCUT2D eigenvalue weighted by atomic mass is 10.2. The molecule has 0 aliphatic rings. The first-order valence-corrected chi connectivity index (χ1v) is 10.8. The van der Waals surface area contributed by atoms with Crippen LogP contribution in [-0.4, -0.2) is 20.9 Å². The number of benzene rings is 2. The van der Waals surface area contributed by atoms with Crippen LogP contribution >= 0.6 is 11.3 Å². The van der Waals surface area contributed by atoms with Crippen LogP contribution in [-0.2, 0) is 9.84 Å². The summed E-state index contributed by atoms with van der Waals surface area (Å²) in [4.78, 5) is 12.9.